The molecule has 0 aliphatic carbocycles. The third-order valence-electron chi connectivity index (χ3n) is 3.06. The van der Waals surface area contributed by atoms with Gasteiger partial charge < -0.3 is 20.7 Å². The third kappa shape index (κ3) is 2.97. The van der Waals surface area contributed by atoms with E-state index in [0.29, 0.717) is 6.42 Å². The second-order valence-electron chi connectivity index (χ2n) is 4.56. The number of aromatic nitrogens is 1. The van der Waals surface area contributed by atoms with Gasteiger partial charge in [-0.25, -0.2) is 0 Å². The Labute approximate surface area is 117 Å². The number of rotatable bonds is 5. The minimum absolute atomic E-state index is 0.0843. The Kier molecular flexibility index (Phi) is 3.64. The zero-order valence-corrected chi connectivity index (χ0v) is 10.9. The van der Waals surface area contributed by atoms with Crippen LogP contribution in [0.3, 0.4) is 0 Å². The molecule has 0 radical (unpaired) electrons. The van der Waals surface area contributed by atoms with Crippen LogP contribution < -0.4 is 11.1 Å². The van der Waals surface area contributed by atoms with Gasteiger partial charge in [0.25, 0.3) is 0 Å². The smallest absolute Gasteiger partial charge is 0.322 e. The molecular formula is C14H17N3O3. The zero-order chi connectivity index (χ0) is 15.4. The van der Waals surface area contributed by atoms with Crippen LogP contribution in [0.15, 0.2) is 30.5 Å². The van der Waals surface area contributed by atoms with Crippen molar-refractivity contribution in [1.82, 2.24) is 9.88 Å². The van der Waals surface area contributed by atoms with Crippen molar-refractivity contribution in [3.05, 3.63) is 36.0 Å². The molecule has 106 valence electrons. The van der Waals surface area contributed by atoms with Gasteiger partial charge in [0.1, 0.15) is 6.54 Å². The number of carbonyl (C=O) groups is 2. The van der Waals surface area contributed by atoms with Crippen LogP contribution in [0.4, 0.5) is 0 Å². The molecule has 2 rings (SSSR count). The van der Waals surface area contributed by atoms with E-state index in [1.54, 1.807) is 4.57 Å². The molecule has 1 heterocycles. The first-order valence-corrected chi connectivity index (χ1v) is 6.14. The molecule has 1 atom stereocenters. The highest BCUT2D eigenvalue weighted by Gasteiger charge is 2.17. The molecule has 6 nitrogen and oxygen atoms in total. The fraction of sp³-hybridized carbons (Fsp3) is 0.286. The Morgan fingerprint density at radius 3 is 2.95 bits per heavy atom. The number of benzene rings is 1. The van der Waals surface area contributed by atoms with Crippen LogP contribution in [0.25, 0.3) is 10.9 Å². The van der Waals surface area contributed by atoms with Gasteiger partial charge in [0.2, 0.25) is 5.91 Å². The average molecular weight is 276 g/mol. The van der Waals surface area contributed by atoms with Gasteiger partial charge in [-0.05, 0) is 18.1 Å². The van der Waals surface area contributed by atoms with Crippen molar-refractivity contribution in [1.29, 1.82) is 0 Å². The van der Waals surface area contributed by atoms with E-state index < -0.39 is 24.5 Å². The molecule has 0 spiro atoms. The van der Waals surface area contributed by atoms with Gasteiger partial charge in [-0.2, -0.15) is 0 Å². The minimum atomic E-state index is -1.11. The largest absolute Gasteiger partial charge is 0.480 e. The summed E-state index contributed by atoms with van der Waals surface area (Å²) in [5, 5.41) is 11.7. The SMILES string of the molecule is [2H]Cn1cc(C[C@H](N)C(=O)NCC(=O)O)c2ccccc21. The van der Waals surface area contributed by atoms with Gasteiger partial charge in [0, 0.05) is 25.5 Å². The molecule has 1 aromatic heterocycles. The van der Waals surface area contributed by atoms with Crippen molar-refractivity contribution in [2.24, 2.45) is 12.8 Å². The van der Waals surface area contributed by atoms with Gasteiger partial charge in [0.05, 0.1) is 6.04 Å². The number of carboxylic acids is 1. The molecule has 0 unspecified atom stereocenters. The summed E-state index contributed by atoms with van der Waals surface area (Å²) in [7, 11) is 0.0843. The quantitative estimate of drug-likeness (QED) is 0.729. The first-order chi connectivity index (χ1) is 10.0. The van der Waals surface area contributed by atoms with Gasteiger partial charge in [-0.15, -0.1) is 0 Å². The van der Waals surface area contributed by atoms with E-state index in [4.69, 9.17) is 12.2 Å². The zero-order valence-electron chi connectivity index (χ0n) is 11.9. The molecule has 6 heteroatoms. The van der Waals surface area contributed by atoms with Crippen molar-refractivity contribution >= 4 is 22.8 Å². The first-order valence-electron chi connectivity index (χ1n) is 6.84. The summed E-state index contributed by atoms with van der Waals surface area (Å²) in [6, 6.07) is 6.77. The molecule has 0 aliphatic heterocycles. The van der Waals surface area contributed by atoms with Crippen molar-refractivity contribution in [3.8, 4) is 0 Å². The van der Waals surface area contributed by atoms with Gasteiger partial charge in [0.15, 0.2) is 0 Å². The summed E-state index contributed by atoms with van der Waals surface area (Å²) in [5.41, 5.74) is 7.60. The maximum absolute atomic E-state index is 11.7. The van der Waals surface area contributed by atoms with E-state index in [-0.39, 0.29) is 7.02 Å². The van der Waals surface area contributed by atoms with E-state index >= 15 is 0 Å². The highest BCUT2D eigenvalue weighted by Crippen LogP contribution is 2.21. The van der Waals surface area contributed by atoms with Crippen LogP contribution in [-0.4, -0.2) is 34.1 Å². The number of carboxylic acid groups (broad SMARTS) is 1. The Morgan fingerprint density at radius 1 is 1.50 bits per heavy atom. The van der Waals surface area contributed by atoms with E-state index in [2.05, 4.69) is 5.32 Å². The number of nitrogens with two attached hydrogens (primary N) is 1. The monoisotopic (exact) mass is 276 g/mol. The predicted octanol–water partition coefficient (Wildman–Crippen LogP) is 0.249. The molecule has 1 aromatic carbocycles. The summed E-state index contributed by atoms with van der Waals surface area (Å²) in [5.74, 6) is -1.61. The van der Waals surface area contributed by atoms with Crippen molar-refractivity contribution < 1.29 is 16.1 Å². The number of para-hydroxylation sites is 1. The van der Waals surface area contributed by atoms with E-state index in [1.807, 2.05) is 30.5 Å². The topological polar surface area (TPSA) is 97.4 Å². The molecule has 0 aliphatic rings. The van der Waals surface area contributed by atoms with Crippen LogP contribution in [0.1, 0.15) is 6.93 Å². The summed E-state index contributed by atoms with van der Waals surface area (Å²) in [6.45, 7) is -0.443. The number of nitrogens with one attached hydrogen (secondary N) is 1. The predicted molar refractivity (Wildman–Crippen MR) is 75.2 cm³/mol. The van der Waals surface area contributed by atoms with Crippen LogP contribution in [0.5, 0.6) is 0 Å². The molecule has 2 aromatic rings. The van der Waals surface area contributed by atoms with Crippen molar-refractivity contribution in [2.45, 2.75) is 12.5 Å². The molecule has 0 saturated carbocycles. The summed E-state index contributed by atoms with van der Waals surface area (Å²) >= 11 is 0. The lowest BCUT2D eigenvalue weighted by Crippen LogP contribution is -2.43. The average Bonchev–Trinajstić information content (AvgIpc) is 2.83. The molecule has 0 saturated heterocycles. The van der Waals surface area contributed by atoms with Crippen molar-refractivity contribution in [2.75, 3.05) is 6.54 Å². The van der Waals surface area contributed by atoms with Gasteiger partial charge in [-0.1, -0.05) is 18.2 Å². The minimum Gasteiger partial charge on any atom is -0.480 e. The maximum atomic E-state index is 11.7. The second kappa shape index (κ2) is 5.75. The van der Waals surface area contributed by atoms with Crippen LogP contribution in [0, 0.1) is 0 Å². The van der Waals surface area contributed by atoms with Crippen molar-refractivity contribution in [3.63, 3.8) is 0 Å². The number of aliphatic carboxylic acids is 1. The third-order valence-corrected chi connectivity index (χ3v) is 3.06. The molecule has 4 N–H and O–H groups in total. The summed E-state index contributed by atoms with van der Waals surface area (Å²) in [6.07, 6.45) is 2.10. The number of amides is 1. The van der Waals surface area contributed by atoms with E-state index in [9.17, 15) is 9.59 Å². The lowest BCUT2D eigenvalue weighted by molar-refractivity contribution is -0.138. The first kappa shape index (κ1) is 12.7. The Morgan fingerprint density at radius 2 is 2.25 bits per heavy atom. The standard InChI is InChI=1S/C14H17N3O3/c1-17-8-9(10-4-2-3-5-12(10)17)6-11(15)14(20)16-7-13(18)19/h2-5,8,11H,6-7,15H2,1H3,(H,16,20)(H,18,19)/t11-/m0/s1/i1D. The summed E-state index contributed by atoms with van der Waals surface area (Å²) < 4.78 is 9.28. The molecular weight excluding hydrogens is 258 g/mol. The Bertz CT molecular complexity index is 669. The van der Waals surface area contributed by atoms with Gasteiger partial charge in [-0.3, -0.25) is 9.59 Å². The number of aryl methyl sites for hydroxylation is 1. The fourth-order valence-corrected chi connectivity index (χ4v) is 2.11. The number of hydrogen-bond acceptors (Lipinski definition) is 3. The molecule has 20 heavy (non-hydrogen) atoms. The molecule has 0 fully saturated rings. The molecule has 1 amide bonds. The number of carbonyl (C=O) groups excluding carboxylic acids is 1. The van der Waals surface area contributed by atoms with E-state index in [1.165, 1.54) is 0 Å². The normalized spacial score (nSPS) is 12.9. The number of hydrogen-bond donors (Lipinski definition) is 3. The number of fused-ring (bicyclic) bond motifs is 1. The maximum Gasteiger partial charge on any atom is 0.322 e. The number of nitrogens with zero attached hydrogens (tertiary/aromatic N) is 1. The highest BCUT2D eigenvalue weighted by molar-refractivity contribution is 5.87. The van der Waals surface area contributed by atoms with E-state index in [0.717, 1.165) is 16.5 Å². The van der Waals surface area contributed by atoms with Crippen LogP contribution in [-0.2, 0) is 23.0 Å². The second-order valence-corrected chi connectivity index (χ2v) is 4.56. The highest BCUT2D eigenvalue weighted by atomic mass is 16.4. The summed E-state index contributed by atoms with van der Waals surface area (Å²) in [4.78, 5) is 22.1. The van der Waals surface area contributed by atoms with Gasteiger partial charge >= 0.3 is 5.97 Å². The Balaban J connectivity index is 2.16. The lowest BCUT2D eigenvalue weighted by Gasteiger charge is -2.10. The van der Waals surface area contributed by atoms with Crippen LogP contribution in [0.2, 0.25) is 0 Å². The fourth-order valence-electron chi connectivity index (χ4n) is 2.11. The molecule has 0 bridgehead atoms. The Hall–Kier alpha value is -2.34. The lowest BCUT2D eigenvalue weighted by atomic mass is 10.1. The van der Waals surface area contributed by atoms with Crippen LogP contribution >= 0.6 is 0 Å².